The number of carbonyl (C=O) groups excluding carboxylic acids is 3. The highest BCUT2D eigenvalue weighted by atomic mass is 79.9. The Bertz CT molecular complexity index is 1420. The van der Waals surface area contributed by atoms with E-state index in [0.717, 1.165) is 38.5 Å². The molecule has 1 saturated heterocycles. The molecule has 0 bridgehead atoms. The number of rotatable bonds is 3. The molecule has 0 unspecified atom stereocenters. The maximum absolute atomic E-state index is 13.4. The van der Waals surface area contributed by atoms with Gasteiger partial charge in [-0.15, -0.1) is 0 Å². The second-order valence-corrected chi connectivity index (χ2v) is 9.49. The standard InChI is InChI=1S/C26H25BrN4O3/c1-13-7-8-22(16(4)9-13)31-18(6)19(17(5)29-31)12-20-24(32)28-26(34)30(25(20)33)23-11-15(3)14(2)10-21(23)27/h7-12H,1-6H3,(H,28,32,34)/b20-12-. The van der Waals surface area contributed by atoms with Crippen molar-refractivity contribution in [3.63, 3.8) is 0 Å². The van der Waals surface area contributed by atoms with Crippen molar-refractivity contribution in [1.82, 2.24) is 15.1 Å². The van der Waals surface area contributed by atoms with E-state index in [2.05, 4.69) is 32.4 Å². The number of hydrogen-bond donors (Lipinski definition) is 1. The normalized spacial score (nSPS) is 15.3. The molecule has 4 amide bonds. The predicted octanol–water partition coefficient (Wildman–Crippen LogP) is 5.15. The summed E-state index contributed by atoms with van der Waals surface area (Å²) in [7, 11) is 0. The molecule has 2 heterocycles. The van der Waals surface area contributed by atoms with Gasteiger partial charge in [0.25, 0.3) is 11.8 Å². The van der Waals surface area contributed by atoms with Crippen LogP contribution in [-0.2, 0) is 9.59 Å². The summed E-state index contributed by atoms with van der Waals surface area (Å²) < 4.78 is 2.40. The van der Waals surface area contributed by atoms with Gasteiger partial charge in [0.1, 0.15) is 5.57 Å². The minimum atomic E-state index is -0.782. The Morgan fingerprint density at radius 2 is 1.56 bits per heavy atom. The number of aromatic nitrogens is 2. The highest BCUT2D eigenvalue weighted by Crippen LogP contribution is 2.32. The van der Waals surface area contributed by atoms with E-state index in [9.17, 15) is 14.4 Å². The molecule has 174 valence electrons. The lowest BCUT2D eigenvalue weighted by Gasteiger charge is -2.27. The van der Waals surface area contributed by atoms with E-state index in [1.807, 2.05) is 64.4 Å². The van der Waals surface area contributed by atoms with Gasteiger partial charge in [-0.05, 0) is 98.4 Å². The van der Waals surface area contributed by atoms with Crippen molar-refractivity contribution >= 4 is 45.5 Å². The van der Waals surface area contributed by atoms with Crippen LogP contribution >= 0.6 is 15.9 Å². The highest BCUT2D eigenvalue weighted by Gasteiger charge is 2.38. The maximum Gasteiger partial charge on any atom is 0.335 e. The fraction of sp³-hybridized carbons (Fsp3) is 0.231. The van der Waals surface area contributed by atoms with Gasteiger partial charge in [0.15, 0.2) is 0 Å². The Morgan fingerprint density at radius 3 is 2.24 bits per heavy atom. The minimum absolute atomic E-state index is 0.129. The first kappa shape index (κ1) is 23.6. The van der Waals surface area contributed by atoms with Crippen molar-refractivity contribution in [2.24, 2.45) is 0 Å². The molecule has 2 aromatic carbocycles. The molecule has 7 nitrogen and oxygen atoms in total. The topological polar surface area (TPSA) is 84.3 Å². The molecule has 0 atom stereocenters. The lowest BCUT2D eigenvalue weighted by Crippen LogP contribution is -2.54. The molecule has 1 N–H and O–H groups in total. The predicted molar refractivity (Wildman–Crippen MR) is 135 cm³/mol. The Balaban J connectivity index is 1.81. The van der Waals surface area contributed by atoms with E-state index in [1.165, 1.54) is 6.08 Å². The molecule has 0 aliphatic carbocycles. The van der Waals surface area contributed by atoms with Crippen molar-refractivity contribution in [1.29, 1.82) is 0 Å². The van der Waals surface area contributed by atoms with Crippen LogP contribution in [0.1, 0.15) is 39.2 Å². The molecule has 4 rings (SSSR count). The first-order valence-corrected chi connectivity index (χ1v) is 11.6. The number of aryl methyl sites for hydroxylation is 5. The third-order valence-corrected chi connectivity index (χ3v) is 6.76. The van der Waals surface area contributed by atoms with Gasteiger partial charge in [-0.25, -0.2) is 14.4 Å². The Hall–Kier alpha value is -3.52. The van der Waals surface area contributed by atoms with Crippen molar-refractivity contribution in [2.75, 3.05) is 4.90 Å². The van der Waals surface area contributed by atoms with Gasteiger partial charge in [0.2, 0.25) is 0 Å². The van der Waals surface area contributed by atoms with E-state index in [4.69, 9.17) is 0 Å². The average molecular weight is 521 g/mol. The van der Waals surface area contributed by atoms with Gasteiger partial charge in [-0.3, -0.25) is 14.9 Å². The van der Waals surface area contributed by atoms with Crippen LogP contribution in [0.2, 0.25) is 0 Å². The van der Waals surface area contributed by atoms with Crippen LogP contribution in [0.4, 0.5) is 10.5 Å². The fourth-order valence-corrected chi connectivity index (χ4v) is 4.73. The molecular formula is C26H25BrN4O3. The molecule has 0 spiro atoms. The van der Waals surface area contributed by atoms with Gasteiger partial charge in [-0.1, -0.05) is 17.7 Å². The van der Waals surface area contributed by atoms with Gasteiger partial charge >= 0.3 is 6.03 Å². The molecule has 0 radical (unpaired) electrons. The quantitative estimate of drug-likeness (QED) is 0.382. The van der Waals surface area contributed by atoms with E-state index < -0.39 is 17.8 Å². The molecule has 8 heteroatoms. The van der Waals surface area contributed by atoms with Crippen LogP contribution in [0.15, 0.2) is 40.4 Å². The third kappa shape index (κ3) is 3.98. The number of barbiturate groups is 1. The lowest BCUT2D eigenvalue weighted by molar-refractivity contribution is -0.122. The largest absolute Gasteiger partial charge is 0.335 e. The summed E-state index contributed by atoms with van der Waals surface area (Å²) in [6, 6.07) is 8.89. The molecule has 1 fully saturated rings. The molecule has 1 aromatic heterocycles. The van der Waals surface area contributed by atoms with Crippen molar-refractivity contribution < 1.29 is 14.4 Å². The van der Waals surface area contributed by atoms with Crippen LogP contribution in [0.3, 0.4) is 0 Å². The monoisotopic (exact) mass is 520 g/mol. The number of nitrogens with one attached hydrogen (secondary N) is 1. The Morgan fingerprint density at radius 1 is 0.882 bits per heavy atom. The number of halogens is 1. The Labute approximate surface area is 206 Å². The van der Waals surface area contributed by atoms with Crippen molar-refractivity contribution in [3.05, 3.63) is 79.6 Å². The average Bonchev–Trinajstić information content (AvgIpc) is 3.02. The summed E-state index contributed by atoms with van der Waals surface area (Å²) in [5.41, 5.74) is 7.43. The zero-order valence-electron chi connectivity index (χ0n) is 19.9. The van der Waals surface area contributed by atoms with Crippen LogP contribution in [0, 0.1) is 41.5 Å². The third-order valence-electron chi connectivity index (χ3n) is 6.12. The van der Waals surface area contributed by atoms with Crippen LogP contribution in [-0.4, -0.2) is 27.6 Å². The zero-order valence-corrected chi connectivity index (χ0v) is 21.5. The smallest absolute Gasteiger partial charge is 0.273 e. The summed E-state index contributed by atoms with van der Waals surface area (Å²) in [4.78, 5) is 39.8. The maximum atomic E-state index is 13.4. The van der Waals surface area contributed by atoms with E-state index in [0.29, 0.717) is 21.4 Å². The highest BCUT2D eigenvalue weighted by molar-refractivity contribution is 9.10. The number of nitrogens with zero attached hydrogens (tertiary/aromatic N) is 3. The number of anilines is 1. The first-order chi connectivity index (χ1) is 16.0. The summed E-state index contributed by atoms with van der Waals surface area (Å²) >= 11 is 3.45. The van der Waals surface area contributed by atoms with E-state index >= 15 is 0 Å². The summed E-state index contributed by atoms with van der Waals surface area (Å²) in [5.74, 6) is -1.42. The summed E-state index contributed by atoms with van der Waals surface area (Å²) in [5, 5.41) is 6.95. The van der Waals surface area contributed by atoms with Crippen LogP contribution < -0.4 is 10.2 Å². The van der Waals surface area contributed by atoms with E-state index in [1.54, 1.807) is 6.07 Å². The van der Waals surface area contributed by atoms with Crippen molar-refractivity contribution in [2.45, 2.75) is 41.5 Å². The summed E-state index contributed by atoms with van der Waals surface area (Å²) in [6.45, 7) is 11.6. The molecule has 1 aliphatic heterocycles. The van der Waals surface area contributed by atoms with E-state index in [-0.39, 0.29) is 5.57 Å². The number of carbonyl (C=O) groups is 3. The number of hydrogen-bond acceptors (Lipinski definition) is 4. The van der Waals surface area contributed by atoms with Gasteiger partial charge in [-0.2, -0.15) is 5.10 Å². The van der Waals surface area contributed by atoms with Crippen molar-refractivity contribution in [3.8, 4) is 5.69 Å². The molecule has 3 aromatic rings. The van der Waals surface area contributed by atoms with Gasteiger partial charge in [0.05, 0.1) is 17.1 Å². The number of benzene rings is 2. The molecular weight excluding hydrogens is 496 g/mol. The number of amides is 4. The minimum Gasteiger partial charge on any atom is -0.273 e. The molecule has 1 aliphatic rings. The van der Waals surface area contributed by atoms with Crippen LogP contribution in [0.5, 0.6) is 0 Å². The first-order valence-electron chi connectivity index (χ1n) is 10.8. The number of urea groups is 1. The lowest BCUT2D eigenvalue weighted by atomic mass is 10.0. The fourth-order valence-electron chi connectivity index (χ4n) is 4.10. The molecule has 34 heavy (non-hydrogen) atoms. The second kappa shape index (κ2) is 8.68. The van der Waals surface area contributed by atoms with Crippen LogP contribution in [0.25, 0.3) is 11.8 Å². The number of imide groups is 2. The zero-order chi connectivity index (χ0) is 24.9. The van der Waals surface area contributed by atoms with Gasteiger partial charge < -0.3 is 0 Å². The Kier molecular flexibility index (Phi) is 6.03. The molecule has 0 saturated carbocycles. The summed E-state index contributed by atoms with van der Waals surface area (Å²) in [6.07, 6.45) is 1.52. The SMILES string of the molecule is Cc1ccc(-n2nc(C)c(/C=C3/C(=O)NC(=O)N(c4cc(C)c(C)cc4Br)C3=O)c2C)c(C)c1. The van der Waals surface area contributed by atoms with Gasteiger partial charge in [0, 0.05) is 15.7 Å². The second-order valence-electron chi connectivity index (χ2n) is 8.63.